The van der Waals surface area contributed by atoms with Crippen LogP contribution in [0.2, 0.25) is 0 Å². The first-order chi connectivity index (χ1) is 5.23. The molecule has 0 aromatic carbocycles. The van der Waals surface area contributed by atoms with E-state index in [4.69, 9.17) is 0 Å². The van der Waals surface area contributed by atoms with Crippen LogP contribution in [0.5, 0.6) is 0 Å². The Morgan fingerprint density at radius 3 is 2.45 bits per heavy atom. The molecule has 1 spiro atoms. The van der Waals surface area contributed by atoms with E-state index in [1.54, 1.807) is 0 Å². The van der Waals surface area contributed by atoms with Gasteiger partial charge in [-0.15, -0.1) is 0 Å². The highest BCUT2D eigenvalue weighted by atomic mass is 16.1. The second-order valence-electron chi connectivity index (χ2n) is 3.20. The van der Waals surface area contributed by atoms with Crippen molar-refractivity contribution in [2.45, 2.75) is 24.8 Å². The van der Waals surface area contributed by atoms with E-state index in [2.05, 4.69) is 10.9 Å². The molecule has 1 aliphatic heterocycles. The van der Waals surface area contributed by atoms with E-state index in [1.165, 1.54) is 0 Å². The number of hydrogen-bond donors (Lipinski definition) is 2. The summed E-state index contributed by atoms with van der Waals surface area (Å²) in [6.07, 6.45) is 1.22. The second kappa shape index (κ2) is 2.12. The van der Waals surface area contributed by atoms with Crippen LogP contribution < -0.4 is 10.9 Å². The largest absolute Gasteiger partial charge is 0.300 e. The molecule has 2 N–H and O–H groups in total. The quantitative estimate of drug-likeness (QED) is 0.477. The van der Waals surface area contributed by atoms with Gasteiger partial charge in [-0.05, 0) is 0 Å². The number of carbonyl (C=O) groups excluding carboxylic acids is 2. The van der Waals surface area contributed by atoms with Crippen LogP contribution in [0.3, 0.4) is 0 Å². The van der Waals surface area contributed by atoms with Crippen LogP contribution in [-0.2, 0) is 9.59 Å². The zero-order valence-electron chi connectivity index (χ0n) is 6.14. The van der Waals surface area contributed by atoms with E-state index >= 15 is 0 Å². The highest BCUT2D eigenvalue weighted by molar-refractivity contribution is 6.00. The summed E-state index contributed by atoms with van der Waals surface area (Å²) >= 11 is 0. The summed E-state index contributed by atoms with van der Waals surface area (Å²) in [6.45, 7) is 0.609. The molecule has 1 unspecified atom stereocenters. The van der Waals surface area contributed by atoms with Gasteiger partial charge in [0.2, 0.25) is 0 Å². The van der Waals surface area contributed by atoms with Gasteiger partial charge < -0.3 is 0 Å². The van der Waals surface area contributed by atoms with Crippen molar-refractivity contribution in [3.8, 4) is 0 Å². The molecular formula is C7H10N2O2. The Hall–Kier alpha value is -0.740. The molecule has 0 radical (unpaired) electrons. The first kappa shape index (κ1) is 6.94. The molecule has 60 valence electrons. The highest BCUT2D eigenvalue weighted by Gasteiger charge is 2.47. The standard InChI is InChI=1S/C7H10N2O2/c10-5-1-2-6(11)7(3-5)4-8-9-7/h8-9H,1-4H2. The predicted molar refractivity (Wildman–Crippen MR) is 37.7 cm³/mol. The molecule has 0 amide bonds. The van der Waals surface area contributed by atoms with Gasteiger partial charge in [-0.25, -0.2) is 5.43 Å². The van der Waals surface area contributed by atoms with Gasteiger partial charge >= 0.3 is 0 Å². The fraction of sp³-hybridized carbons (Fsp3) is 0.714. The molecule has 0 bridgehead atoms. The molecule has 1 atom stereocenters. The van der Waals surface area contributed by atoms with E-state index < -0.39 is 5.54 Å². The first-order valence-electron chi connectivity index (χ1n) is 3.78. The monoisotopic (exact) mass is 154 g/mol. The Balaban J connectivity index is 2.16. The Morgan fingerprint density at radius 2 is 2.00 bits per heavy atom. The van der Waals surface area contributed by atoms with Gasteiger partial charge in [0.1, 0.15) is 11.3 Å². The lowest BCUT2D eigenvalue weighted by Crippen LogP contribution is -2.75. The molecule has 4 nitrogen and oxygen atoms in total. The number of carbonyl (C=O) groups is 2. The molecule has 2 aliphatic rings. The Bertz CT molecular complexity index is 220. The number of rotatable bonds is 0. The maximum Gasteiger partial charge on any atom is 0.156 e. The Morgan fingerprint density at radius 1 is 1.27 bits per heavy atom. The topological polar surface area (TPSA) is 58.2 Å². The van der Waals surface area contributed by atoms with Crippen LogP contribution in [0.15, 0.2) is 0 Å². The average Bonchev–Trinajstić information content (AvgIpc) is 1.91. The maximum atomic E-state index is 11.3. The number of hydrazine groups is 1. The summed E-state index contributed by atoms with van der Waals surface area (Å²) in [6, 6.07) is 0. The van der Waals surface area contributed by atoms with Gasteiger partial charge in [-0.1, -0.05) is 0 Å². The summed E-state index contributed by atoms with van der Waals surface area (Å²) < 4.78 is 0. The molecule has 2 fully saturated rings. The minimum atomic E-state index is -0.519. The van der Waals surface area contributed by atoms with Gasteiger partial charge in [0.05, 0.1) is 0 Å². The summed E-state index contributed by atoms with van der Waals surface area (Å²) in [5.41, 5.74) is 5.10. The van der Waals surface area contributed by atoms with Gasteiger partial charge in [0, 0.05) is 25.8 Å². The van der Waals surface area contributed by atoms with Crippen molar-refractivity contribution in [2.75, 3.05) is 6.54 Å². The molecule has 11 heavy (non-hydrogen) atoms. The van der Waals surface area contributed by atoms with Crippen LogP contribution in [0.25, 0.3) is 0 Å². The molecule has 1 saturated heterocycles. The molecule has 2 rings (SSSR count). The number of nitrogens with one attached hydrogen (secondary N) is 2. The van der Waals surface area contributed by atoms with Crippen molar-refractivity contribution in [3.05, 3.63) is 0 Å². The smallest absolute Gasteiger partial charge is 0.156 e. The van der Waals surface area contributed by atoms with Crippen LogP contribution in [0.4, 0.5) is 0 Å². The third-order valence-corrected chi connectivity index (χ3v) is 2.38. The first-order valence-corrected chi connectivity index (χ1v) is 3.78. The fourth-order valence-corrected chi connectivity index (χ4v) is 1.59. The molecule has 1 aliphatic carbocycles. The summed E-state index contributed by atoms with van der Waals surface area (Å²) in [5.74, 6) is 0.370. The average molecular weight is 154 g/mol. The zero-order valence-corrected chi connectivity index (χ0v) is 6.14. The lowest BCUT2D eigenvalue weighted by atomic mass is 9.78. The van der Waals surface area contributed by atoms with Crippen molar-refractivity contribution in [1.82, 2.24) is 10.9 Å². The predicted octanol–water partition coefficient (Wildman–Crippen LogP) is -0.845. The third kappa shape index (κ3) is 0.902. The molecule has 4 heteroatoms. The number of Topliss-reactive ketones (excluding diaryl/α,β-unsaturated/α-hetero) is 2. The van der Waals surface area contributed by atoms with Crippen LogP contribution >= 0.6 is 0 Å². The minimum absolute atomic E-state index is 0.177. The molecule has 1 heterocycles. The van der Waals surface area contributed by atoms with E-state index in [9.17, 15) is 9.59 Å². The van der Waals surface area contributed by atoms with E-state index in [1.807, 2.05) is 0 Å². The van der Waals surface area contributed by atoms with Crippen molar-refractivity contribution in [1.29, 1.82) is 0 Å². The van der Waals surface area contributed by atoms with Crippen LogP contribution in [-0.4, -0.2) is 23.7 Å². The van der Waals surface area contributed by atoms with Gasteiger partial charge in [-0.2, -0.15) is 0 Å². The number of ketones is 2. The summed E-state index contributed by atoms with van der Waals surface area (Å²) in [7, 11) is 0. The van der Waals surface area contributed by atoms with Crippen LogP contribution in [0.1, 0.15) is 19.3 Å². The van der Waals surface area contributed by atoms with Crippen molar-refractivity contribution < 1.29 is 9.59 Å². The highest BCUT2D eigenvalue weighted by Crippen LogP contribution is 2.24. The van der Waals surface area contributed by atoms with Gasteiger partial charge in [-0.3, -0.25) is 15.0 Å². The molecule has 1 saturated carbocycles. The van der Waals surface area contributed by atoms with Crippen molar-refractivity contribution in [3.63, 3.8) is 0 Å². The normalized spacial score (nSPS) is 37.5. The van der Waals surface area contributed by atoms with E-state index in [-0.39, 0.29) is 11.6 Å². The maximum absolute atomic E-state index is 11.3. The van der Waals surface area contributed by atoms with Crippen LogP contribution in [0, 0.1) is 0 Å². The Kier molecular flexibility index (Phi) is 1.34. The van der Waals surface area contributed by atoms with Crippen molar-refractivity contribution in [2.24, 2.45) is 0 Å². The van der Waals surface area contributed by atoms with Crippen molar-refractivity contribution >= 4 is 11.6 Å². The zero-order chi connectivity index (χ0) is 7.90. The van der Waals surface area contributed by atoms with Gasteiger partial charge in [0.15, 0.2) is 5.78 Å². The lowest BCUT2D eigenvalue weighted by molar-refractivity contribution is -0.139. The number of hydrogen-bond acceptors (Lipinski definition) is 4. The SMILES string of the molecule is O=C1CCC(=O)C2(CNN2)C1. The molecule has 0 aromatic rings. The Labute approximate surface area is 64.3 Å². The van der Waals surface area contributed by atoms with E-state index in [0.29, 0.717) is 25.8 Å². The fourth-order valence-electron chi connectivity index (χ4n) is 1.59. The van der Waals surface area contributed by atoms with E-state index in [0.717, 1.165) is 0 Å². The third-order valence-electron chi connectivity index (χ3n) is 2.38. The molecule has 0 aromatic heterocycles. The lowest BCUT2D eigenvalue weighted by Gasteiger charge is -2.43. The molecular weight excluding hydrogens is 144 g/mol. The minimum Gasteiger partial charge on any atom is -0.300 e. The second-order valence-corrected chi connectivity index (χ2v) is 3.20. The summed E-state index contributed by atoms with van der Waals surface area (Å²) in [5, 5.41) is 0. The summed E-state index contributed by atoms with van der Waals surface area (Å²) in [4.78, 5) is 22.3. The van der Waals surface area contributed by atoms with Gasteiger partial charge in [0.25, 0.3) is 0 Å².